The third-order valence-electron chi connectivity index (χ3n) is 3.21. The Morgan fingerprint density at radius 2 is 1.69 bits per heavy atom. The molecule has 0 atom stereocenters. The Morgan fingerprint density at radius 1 is 1.04 bits per heavy atom. The molecular weight excluding hydrogens is 356 g/mol. The van der Waals surface area contributed by atoms with Crippen molar-refractivity contribution in [3.05, 3.63) is 72.8 Å². The lowest BCUT2D eigenvalue weighted by molar-refractivity contribution is -0.119. The van der Waals surface area contributed by atoms with Crippen LogP contribution in [0.25, 0.3) is 0 Å². The maximum Gasteiger partial charge on any atom is 0.338 e. The molecule has 0 heterocycles. The summed E-state index contributed by atoms with van der Waals surface area (Å²) in [5.41, 5.74) is 0.732. The van der Waals surface area contributed by atoms with E-state index in [4.69, 9.17) is 4.74 Å². The number of ether oxygens (including phenoxy) is 1. The summed E-state index contributed by atoms with van der Waals surface area (Å²) in [4.78, 5) is 23.7. The molecule has 2 rings (SSSR count). The molecule has 1 amide bonds. The highest BCUT2D eigenvalue weighted by molar-refractivity contribution is 7.89. The van der Waals surface area contributed by atoms with Crippen LogP contribution in [-0.4, -0.2) is 33.4 Å². The van der Waals surface area contributed by atoms with Crippen LogP contribution in [-0.2, 0) is 19.6 Å². The van der Waals surface area contributed by atoms with Crippen LogP contribution in [0, 0.1) is 0 Å². The van der Waals surface area contributed by atoms with Crippen molar-refractivity contribution in [1.29, 1.82) is 0 Å². The number of carbonyl (C=O) groups is 2. The molecule has 0 saturated heterocycles. The van der Waals surface area contributed by atoms with Gasteiger partial charge >= 0.3 is 5.97 Å². The topological polar surface area (TPSA) is 102 Å². The second kappa shape index (κ2) is 8.93. The normalized spacial score (nSPS) is 10.8. The summed E-state index contributed by atoms with van der Waals surface area (Å²) in [5.74, 6) is -1.20. The van der Waals surface area contributed by atoms with Crippen LogP contribution < -0.4 is 10.0 Å². The Kier molecular flexibility index (Phi) is 6.65. The molecule has 0 unspecified atom stereocenters. The van der Waals surface area contributed by atoms with E-state index in [0.717, 1.165) is 0 Å². The quantitative estimate of drug-likeness (QED) is 0.543. The molecule has 2 aromatic rings. The van der Waals surface area contributed by atoms with Gasteiger partial charge < -0.3 is 10.1 Å². The van der Waals surface area contributed by atoms with Gasteiger partial charge in [0.25, 0.3) is 5.91 Å². The standard InChI is InChI=1S/C18H18N2O5S/c1-2-12-19-26(23,24)16-10-8-14(9-11-16)18(22)25-13-17(21)20-15-6-4-3-5-7-15/h2-11,19H,1,12-13H2,(H,20,21). The zero-order valence-corrected chi connectivity index (χ0v) is 14.7. The highest BCUT2D eigenvalue weighted by Gasteiger charge is 2.15. The number of esters is 1. The molecule has 2 aromatic carbocycles. The molecule has 136 valence electrons. The molecule has 0 radical (unpaired) electrons. The van der Waals surface area contributed by atoms with Crippen molar-refractivity contribution in [1.82, 2.24) is 4.72 Å². The molecule has 0 aromatic heterocycles. The van der Waals surface area contributed by atoms with E-state index in [-0.39, 0.29) is 17.0 Å². The van der Waals surface area contributed by atoms with Crippen molar-refractivity contribution in [2.75, 3.05) is 18.5 Å². The highest BCUT2D eigenvalue weighted by atomic mass is 32.2. The van der Waals surface area contributed by atoms with Gasteiger partial charge in [-0.05, 0) is 36.4 Å². The number of rotatable bonds is 8. The van der Waals surface area contributed by atoms with Gasteiger partial charge in [-0.1, -0.05) is 24.3 Å². The minimum atomic E-state index is -3.66. The van der Waals surface area contributed by atoms with E-state index >= 15 is 0 Å². The van der Waals surface area contributed by atoms with Crippen molar-refractivity contribution in [3.63, 3.8) is 0 Å². The minimum absolute atomic E-state index is 0.0118. The van der Waals surface area contributed by atoms with Gasteiger partial charge in [0.05, 0.1) is 10.5 Å². The maximum absolute atomic E-state index is 12.0. The minimum Gasteiger partial charge on any atom is -0.452 e. The lowest BCUT2D eigenvalue weighted by Gasteiger charge is -2.08. The second-order valence-corrected chi connectivity index (χ2v) is 6.92. The summed E-state index contributed by atoms with van der Waals surface area (Å²) in [6.45, 7) is 3.09. The molecule has 7 nitrogen and oxygen atoms in total. The first kappa shape index (κ1) is 19.4. The summed E-state index contributed by atoms with van der Waals surface area (Å²) in [6, 6.07) is 14.0. The highest BCUT2D eigenvalue weighted by Crippen LogP contribution is 2.11. The van der Waals surface area contributed by atoms with E-state index in [1.54, 1.807) is 24.3 Å². The van der Waals surface area contributed by atoms with Crippen LogP contribution in [0.3, 0.4) is 0 Å². The van der Waals surface area contributed by atoms with E-state index in [1.807, 2.05) is 6.07 Å². The van der Waals surface area contributed by atoms with Gasteiger partial charge in [-0.25, -0.2) is 17.9 Å². The van der Waals surface area contributed by atoms with E-state index in [9.17, 15) is 18.0 Å². The van der Waals surface area contributed by atoms with Crippen LogP contribution in [0.15, 0.2) is 72.1 Å². The van der Waals surface area contributed by atoms with Crippen LogP contribution in [0.4, 0.5) is 5.69 Å². The van der Waals surface area contributed by atoms with Crippen molar-refractivity contribution in [2.45, 2.75) is 4.90 Å². The fourth-order valence-corrected chi connectivity index (χ4v) is 2.95. The Bertz CT molecular complexity index is 878. The Balaban J connectivity index is 1.91. The number of hydrogen-bond acceptors (Lipinski definition) is 5. The number of carbonyl (C=O) groups excluding carboxylic acids is 2. The molecular formula is C18H18N2O5S. The van der Waals surface area contributed by atoms with E-state index in [2.05, 4.69) is 16.6 Å². The third kappa shape index (κ3) is 5.54. The lowest BCUT2D eigenvalue weighted by atomic mass is 10.2. The van der Waals surface area contributed by atoms with Crippen LogP contribution in [0.5, 0.6) is 0 Å². The first-order valence-corrected chi connectivity index (χ1v) is 9.13. The Labute approximate surface area is 151 Å². The molecule has 0 bridgehead atoms. The zero-order chi connectivity index (χ0) is 19.0. The fourth-order valence-electron chi connectivity index (χ4n) is 1.96. The SMILES string of the molecule is C=CCNS(=O)(=O)c1ccc(C(=O)OCC(=O)Nc2ccccc2)cc1. The van der Waals surface area contributed by atoms with Gasteiger partial charge in [-0.2, -0.15) is 0 Å². The van der Waals surface area contributed by atoms with Crippen LogP contribution in [0.1, 0.15) is 10.4 Å². The first-order chi connectivity index (χ1) is 12.4. The van der Waals surface area contributed by atoms with Crippen molar-refractivity contribution in [2.24, 2.45) is 0 Å². The third-order valence-corrected chi connectivity index (χ3v) is 4.65. The summed E-state index contributed by atoms with van der Waals surface area (Å²) in [5, 5.41) is 2.59. The van der Waals surface area contributed by atoms with E-state index in [1.165, 1.54) is 30.3 Å². The van der Waals surface area contributed by atoms with Gasteiger partial charge in [0, 0.05) is 12.2 Å². The van der Waals surface area contributed by atoms with Crippen LogP contribution >= 0.6 is 0 Å². The number of amides is 1. The van der Waals surface area contributed by atoms with Gasteiger partial charge in [0.1, 0.15) is 0 Å². The van der Waals surface area contributed by atoms with Gasteiger partial charge in [0.15, 0.2) is 6.61 Å². The molecule has 0 aliphatic heterocycles. The fraction of sp³-hybridized carbons (Fsp3) is 0.111. The van der Waals surface area contributed by atoms with E-state index in [0.29, 0.717) is 5.69 Å². The largest absolute Gasteiger partial charge is 0.452 e. The predicted molar refractivity (Wildman–Crippen MR) is 97.2 cm³/mol. The smallest absolute Gasteiger partial charge is 0.338 e. The van der Waals surface area contributed by atoms with Crippen molar-refractivity contribution < 1.29 is 22.7 Å². The van der Waals surface area contributed by atoms with Crippen molar-refractivity contribution >= 4 is 27.6 Å². The molecule has 0 aliphatic carbocycles. The Hall–Kier alpha value is -2.97. The summed E-state index contributed by atoms with van der Waals surface area (Å²) in [7, 11) is -3.66. The number of benzene rings is 2. The predicted octanol–water partition coefficient (Wildman–Crippen LogP) is 1.95. The van der Waals surface area contributed by atoms with Gasteiger partial charge in [-0.3, -0.25) is 4.79 Å². The maximum atomic E-state index is 12.0. The van der Waals surface area contributed by atoms with Crippen molar-refractivity contribution in [3.8, 4) is 0 Å². The summed E-state index contributed by atoms with van der Waals surface area (Å²) in [6.07, 6.45) is 1.42. The summed E-state index contributed by atoms with van der Waals surface area (Å²) >= 11 is 0. The van der Waals surface area contributed by atoms with Gasteiger partial charge in [0.2, 0.25) is 10.0 Å². The average Bonchev–Trinajstić information content (AvgIpc) is 2.65. The molecule has 0 aliphatic rings. The van der Waals surface area contributed by atoms with Gasteiger partial charge in [-0.15, -0.1) is 6.58 Å². The molecule has 0 saturated carbocycles. The first-order valence-electron chi connectivity index (χ1n) is 7.65. The number of anilines is 1. The van der Waals surface area contributed by atoms with E-state index < -0.39 is 28.5 Å². The number of sulfonamides is 1. The summed E-state index contributed by atoms with van der Waals surface area (Å²) < 4.78 is 31.1. The molecule has 0 spiro atoms. The molecule has 2 N–H and O–H groups in total. The lowest BCUT2D eigenvalue weighted by Crippen LogP contribution is -2.23. The van der Waals surface area contributed by atoms with Crippen LogP contribution in [0.2, 0.25) is 0 Å². The molecule has 26 heavy (non-hydrogen) atoms. The monoisotopic (exact) mass is 374 g/mol. The second-order valence-electron chi connectivity index (χ2n) is 5.16. The average molecular weight is 374 g/mol. The number of nitrogens with one attached hydrogen (secondary N) is 2. The number of hydrogen-bond donors (Lipinski definition) is 2. The Morgan fingerprint density at radius 3 is 2.31 bits per heavy atom. The number of para-hydroxylation sites is 1. The zero-order valence-electron chi connectivity index (χ0n) is 13.8. The molecule has 0 fully saturated rings. The molecule has 8 heteroatoms.